The molecule has 1 aromatic heterocycles. The van der Waals surface area contributed by atoms with Gasteiger partial charge >= 0.3 is 0 Å². The topological polar surface area (TPSA) is 80.5 Å². The number of halogens is 1. The van der Waals surface area contributed by atoms with Gasteiger partial charge in [0.05, 0.1) is 15.1 Å². The summed E-state index contributed by atoms with van der Waals surface area (Å²) in [4.78, 5) is 17.9. The van der Waals surface area contributed by atoms with Crippen molar-refractivity contribution in [2.24, 2.45) is 4.99 Å². The average Bonchev–Trinajstić information content (AvgIpc) is 3.10. The van der Waals surface area contributed by atoms with Crippen molar-refractivity contribution in [3.63, 3.8) is 0 Å². The number of fused-ring (bicyclic) bond motifs is 1. The van der Waals surface area contributed by atoms with E-state index in [0.717, 1.165) is 14.7 Å². The first-order valence-corrected chi connectivity index (χ1v) is 12.5. The Labute approximate surface area is 192 Å². The van der Waals surface area contributed by atoms with E-state index < -0.39 is 15.9 Å². The number of anilines is 1. The Hall–Kier alpha value is -2.75. The van der Waals surface area contributed by atoms with Crippen LogP contribution < -0.4 is 9.52 Å². The van der Waals surface area contributed by atoms with Crippen molar-refractivity contribution in [3.05, 3.63) is 87.6 Å². The molecule has 31 heavy (non-hydrogen) atoms. The zero-order valence-electron chi connectivity index (χ0n) is 16.4. The molecule has 0 saturated heterocycles. The summed E-state index contributed by atoms with van der Waals surface area (Å²) in [5, 5.41) is 0. The van der Waals surface area contributed by atoms with Crippen LogP contribution in [0.2, 0.25) is 0 Å². The van der Waals surface area contributed by atoms with E-state index in [0.29, 0.717) is 22.6 Å². The van der Waals surface area contributed by atoms with Gasteiger partial charge < -0.3 is 4.57 Å². The summed E-state index contributed by atoms with van der Waals surface area (Å²) in [6.07, 6.45) is 0. The van der Waals surface area contributed by atoms with Crippen molar-refractivity contribution in [2.75, 3.05) is 4.72 Å². The standard InChI is InChI=1S/C22H18BrN3O3S2/c1-2-26-19-12-11-16(23)14-20(19)30-22(26)24-21(27)15-7-6-8-17(13-15)25-31(28,29)18-9-4-3-5-10-18/h3-14,25H,2H2,1H3. The molecule has 3 aromatic carbocycles. The van der Waals surface area contributed by atoms with Crippen LogP contribution in [0.15, 0.2) is 87.2 Å². The predicted octanol–water partition coefficient (Wildman–Crippen LogP) is 5.03. The molecule has 0 aliphatic rings. The monoisotopic (exact) mass is 515 g/mol. The Morgan fingerprint density at radius 2 is 1.84 bits per heavy atom. The normalized spacial score (nSPS) is 12.3. The summed E-state index contributed by atoms with van der Waals surface area (Å²) in [6.45, 7) is 2.67. The van der Waals surface area contributed by atoms with Gasteiger partial charge in [0.2, 0.25) is 0 Å². The number of carbonyl (C=O) groups excluding carboxylic acids is 1. The number of aryl methyl sites for hydroxylation is 1. The molecule has 1 N–H and O–H groups in total. The summed E-state index contributed by atoms with van der Waals surface area (Å²) in [5.41, 5.74) is 1.61. The summed E-state index contributed by atoms with van der Waals surface area (Å²) < 4.78 is 31.6. The molecule has 0 aliphatic carbocycles. The van der Waals surface area contributed by atoms with Crippen LogP contribution in [0.4, 0.5) is 5.69 Å². The molecule has 6 nitrogen and oxygen atoms in total. The number of thiazole rings is 1. The lowest BCUT2D eigenvalue weighted by atomic mass is 10.2. The highest BCUT2D eigenvalue weighted by Gasteiger charge is 2.15. The number of nitrogens with one attached hydrogen (secondary N) is 1. The van der Waals surface area contributed by atoms with Crippen LogP contribution in [0.1, 0.15) is 17.3 Å². The van der Waals surface area contributed by atoms with Crippen molar-refractivity contribution in [1.29, 1.82) is 0 Å². The van der Waals surface area contributed by atoms with Crippen LogP contribution in [0.5, 0.6) is 0 Å². The zero-order chi connectivity index (χ0) is 22.0. The fourth-order valence-electron chi connectivity index (χ4n) is 3.12. The maximum Gasteiger partial charge on any atom is 0.279 e. The van der Waals surface area contributed by atoms with Crippen LogP contribution in [-0.4, -0.2) is 18.9 Å². The maximum atomic E-state index is 12.9. The Morgan fingerprint density at radius 3 is 2.58 bits per heavy atom. The number of aromatic nitrogens is 1. The summed E-state index contributed by atoms with van der Waals surface area (Å²) in [5.74, 6) is -0.436. The lowest BCUT2D eigenvalue weighted by Gasteiger charge is -2.08. The highest BCUT2D eigenvalue weighted by molar-refractivity contribution is 9.10. The molecule has 0 unspecified atom stereocenters. The number of hydrogen-bond donors (Lipinski definition) is 1. The second kappa shape index (κ2) is 8.78. The van der Waals surface area contributed by atoms with Gasteiger partial charge in [0.1, 0.15) is 0 Å². The summed E-state index contributed by atoms with van der Waals surface area (Å²) in [7, 11) is -3.75. The Balaban J connectivity index is 1.67. The van der Waals surface area contributed by atoms with Gasteiger partial charge in [0, 0.05) is 22.3 Å². The van der Waals surface area contributed by atoms with E-state index in [-0.39, 0.29) is 4.90 Å². The number of sulfonamides is 1. The quantitative estimate of drug-likeness (QED) is 0.404. The van der Waals surface area contributed by atoms with E-state index in [2.05, 4.69) is 25.6 Å². The highest BCUT2D eigenvalue weighted by atomic mass is 79.9. The molecule has 0 atom stereocenters. The van der Waals surface area contributed by atoms with Gasteiger partial charge in [-0.2, -0.15) is 4.99 Å². The third kappa shape index (κ3) is 4.63. The first kappa shape index (κ1) is 21.5. The van der Waals surface area contributed by atoms with E-state index in [4.69, 9.17) is 0 Å². The zero-order valence-corrected chi connectivity index (χ0v) is 19.7. The van der Waals surface area contributed by atoms with Gasteiger partial charge in [-0.3, -0.25) is 9.52 Å². The van der Waals surface area contributed by atoms with Crippen LogP contribution in [0.25, 0.3) is 10.2 Å². The molecule has 4 aromatic rings. The number of hydrogen-bond acceptors (Lipinski definition) is 4. The molecule has 0 fully saturated rings. The number of amides is 1. The van der Waals surface area contributed by atoms with Gasteiger partial charge in [-0.1, -0.05) is 51.5 Å². The maximum absolute atomic E-state index is 12.9. The number of rotatable bonds is 5. The molecule has 4 rings (SSSR count). The van der Waals surface area contributed by atoms with Gasteiger partial charge in [0.25, 0.3) is 15.9 Å². The van der Waals surface area contributed by atoms with E-state index in [1.54, 1.807) is 36.4 Å². The van der Waals surface area contributed by atoms with Crippen molar-refractivity contribution in [3.8, 4) is 0 Å². The van der Waals surface area contributed by atoms with Crippen molar-refractivity contribution < 1.29 is 13.2 Å². The molecule has 1 heterocycles. The van der Waals surface area contributed by atoms with Gasteiger partial charge in [-0.05, 0) is 55.5 Å². The molecule has 0 saturated carbocycles. The SMILES string of the molecule is CCn1c(=NC(=O)c2cccc(NS(=O)(=O)c3ccccc3)c2)sc2cc(Br)ccc21. The van der Waals surface area contributed by atoms with Crippen LogP contribution in [0, 0.1) is 0 Å². The van der Waals surface area contributed by atoms with Gasteiger partial charge in [0.15, 0.2) is 4.80 Å². The fourth-order valence-corrected chi connectivity index (χ4v) is 5.83. The minimum absolute atomic E-state index is 0.150. The van der Waals surface area contributed by atoms with Crippen molar-refractivity contribution in [2.45, 2.75) is 18.4 Å². The van der Waals surface area contributed by atoms with Crippen LogP contribution in [0.3, 0.4) is 0 Å². The lowest BCUT2D eigenvalue weighted by molar-refractivity contribution is 0.0998. The molecule has 0 spiro atoms. The van der Waals surface area contributed by atoms with Crippen molar-refractivity contribution in [1.82, 2.24) is 4.57 Å². The highest BCUT2D eigenvalue weighted by Crippen LogP contribution is 2.22. The van der Waals surface area contributed by atoms with E-state index in [1.807, 2.05) is 29.7 Å². The molecule has 1 amide bonds. The fraction of sp³-hybridized carbons (Fsp3) is 0.0909. The molecule has 0 aliphatic heterocycles. The third-order valence-corrected chi connectivity index (χ3v) is 7.51. The average molecular weight is 516 g/mol. The van der Waals surface area contributed by atoms with E-state index in [1.165, 1.54) is 29.5 Å². The first-order valence-electron chi connectivity index (χ1n) is 9.43. The number of nitrogens with zero attached hydrogens (tertiary/aromatic N) is 2. The predicted molar refractivity (Wildman–Crippen MR) is 127 cm³/mol. The molecule has 158 valence electrons. The number of carbonyl (C=O) groups is 1. The van der Waals surface area contributed by atoms with E-state index >= 15 is 0 Å². The van der Waals surface area contributed by atoms with Gasteiger partial charge in [-0.25, -0.2) is 8.42 Å². The first-order chi connectivity index (χ1) is 14.9. The molecular weight excluding hydrogens is 498 g/mol. The Kier molecular flexibility index (Phi) is 6.08. The lowest BCUT2D eigenvalue weighted by Crippen LogP contribution is -2.16. The summed E-state index contributed by atoms with van der Waals surface area (Å²) in [6, 6.07) is 20.3. The second-order valence-electron chi connectivity index (χ2n) is 6.66. The molecule has 9 heteroatoms. The second-order valence-corrected chi connectivity index (χ2v) is 10.3. The Bertz CT molecular complexity index is 1440. The molecule has 0 radical (unpaired) electrons. The van der Waals surface area contributed by atoms with Crippen LogP contribution >= 0.6 is 27.3 Å². The minimum atomic E-state index is -3.75. The van der Waals surface area contributed by atoms with Crippen molar-refractivity contribution >= 4 is 59.1 Å². The number of benzene rings is 3. The molecular formula is C22H18BrN3O3S2. The van der Waals surface area contributed by atoms with Crippen LogP contribution in [-0.2, 0) is 16.6 Å². The minimum Gasteiger partial charge on any atom is -0.317 e. The van der Waals surface area contributed by atoms with E-state index in [9.17, 15) is 13.2 Å². The third-order valence-electron chi connectivity index (χ3n) is 4.57. The smallest absolute Gasteiger partial charge is 0.279 e. The Morgan fingerprint density at radius 1 is 1.06 bits per heavy atom. The largest absolute Gasteiger partial charge is 0.317 e. The summed E-state index contributed by atoms with van der Waals surface area (Å²) >= 11 is 4.90. The van der Waals surface area contributed by atoms with Gasteiger partial charge in [-0.15, -0.1) is 0 Å². The molecule has 0 bridgehead atoms.